The van der Waals surface area contributed by atoms with Gasteiger partial charge in [0, 0.05) is 32.2 Å². The SMILES string of the molecule is C#Cc1ccc(C(CCCCCCCCCCCCCC)C(=O)N2CCNCC2)cc1[N+](=O)[O-].Cl. The molecule has 7 heteroatoms. The summed E-state index contributed by atoms with van der Waals surface area (Å²) in [5.41, 5.74) is 0.873. The average Bonchev–Trinajstić information content (AvgIpc) is 2.86. The fraction of sp³-hybridized carbons (Fsp3) is 0.679. The van der Waals surface area contributed by atoms with Crippen molar-refractivity contribution >= 4 is 24.0 Å². The molecule has 35 heavy (non-hydrogen) atoms. The number of nitro benzene ring substituents is 1. The van der Waals surface area contributed by atoms with Gasteiger partial charge in [-0.15, -0.1) is 18.8 Å². The number of terminal acetylenes is 1. The maximum atomic E-state index is 13.4. The van der Waals surface area contributed by atoms with Crippen LogP contribution in [0.2, 0.25) is 0 Å². The minimum absolute atomic E-state index is 0. The number of hydrogen-bond acceptors (Lipinski definition) is 4. The predicted molar refractivity (Wildman–Crippen MR) is 146 cm³/mol. The summed E-state index contributed by atoms with van der Waals surface area (Å²) in [4.78, 5) is 26.3. The molecule has 1 N–H and O–H groups in total. The second kappa shape index (κ2) is 18.2. The molecule has 1 fully saturated rings. The van der Waals surface area contributed by atoms with Crippen molar-refractivity contribution < 1.29 is 9.72 Å². The Balaban J connectivity index is 0.00000612. The van der Waals surface area contributed by atoms with Gasteiger partial charge < -0.3 is 10.2 Å². The van der Waals surface area contributed by atoms with Crippen molar-refractivity contribution in [3.05, 3.63) is 39.4 Å². The molecule has 1 aliphatic rings. The number of nitro groups is 1. The van der Waals surface area contributed by atoms with Crippen LogP contribution in [0.15, 0.2) is 18.2 Å². The van der Waals surface area contributed by atoms with Gasteiger partial charge in [0.15, 0.2) is 0 Å². The van der Waals surface area contributed by atoms with Crippen LogP contribution >= 0.6 is 12.4 Å². The van der Waals surface area contributed by atoms with E-state index in [0.717, 1.165) is 25.9 Å². The minimum atomic E-state index is -0.450. The molecule has 6 nitrogen and oxygen atoms in total. The van der Waals surface area contributed by atoms with Gasteiger partial charge in [0.1, 0.15) is 5.56 Å². The summed E-state index contributed by atoms with van der Waals surface area (Å²) in [6, 6.07) is 4.92. The van der Waals surface area contributed by atoms with Crippen LogP contribution in [0.1, 0.15) is 107 Å². The highest BCUT2D eigenvalue weighted by Gasteiger charge is 2.28. The van der Waals surface area contributed by atoms with Crippen LogP contribution in [0, 0.1) is 22.5 Å². The summed E-state index contributed by atoms with van der Waals surface area (Å²) in [5.74, 6) is 2.11. The highest BCUT2D eigenvalue weighted by Crippen LogP contribution is 2.30. The second-order valence-corrected chi connectivity index (χ2v) is 9.48. The van der Waals surface area contributed by atoms with Gasteiger partial charge in [0.25, 0.3) is 5.69 Å². The highest BCUT2D eigenvalue weighted by atomic mass is 35.5. The first-order valence-electron chi connectivity index (χ1n) is 13.3. The van der Waals surface area contributed by atoms with E-state index in [1.807, 2.05) is 4.90 Å². The molecule has 2 rings (SSSR count). The molecule has 1 aromatic rings. The van der Waals surface area contributed by atoms with Crippen molar-refractivity contribution in [3.8, 4) is 12.3 Å². The second-order valence-electron chi connectivity index (χ2n) is 9.48. The maximum absolute atomic E-state index is 13.4. The molecule has 1 aliphatic heterocycles. The van der Waals surface area contributed by atoms with Gasteiger partial charge >= 0.3 is 0 Å². The Labute approximate surface area is 218 Å². The molecule has 0 aliphatic carbocycles. The zero-order valence-corrected chi connectivity index (χ0v) is 22.3. The predicted octanol–water partition coefficient (Wildman–Crippen LogP) is 6.60. The van der Waals surface area contributed by atoms with Gasteiger partial charge in [-0.2, -0.15) is 0 Å². The van der Waals surface area contributed by atoms with Gasteiger partial charge in [-0.05, 0) is 18.1 Å². The molecule has 0 radical (unpaired) electrons. The Morgan fingerprint density at radius 2 is 1.57 bits per heavy atom. The number of hydrogen-bond donors (Lipinski definition) is 1. The fourth-order valence-electron chi connectivity index (χ4n) is 4.77. The van der Waals surface area contributed by atoms with Crippen LogP contribution in [0.25, 0.3) is 0 Å². The van der Waals surface area contributed by atoms with Crippen LogP contribution in [0.3, 0.4) is 0 Å². The van der Waals surface area contributed by atoms with Gasteiger partial charge in [-0.1, -0.05) is 96.0 Å². The lowest BCUT2D eigenvalue weighted by Gasteiger charge is -2.31. The number of nitrogens with zero attached hydrogens (tertiary/aromatic N) is 2. The number of carbonyl (C=O) groups is 1. The van der Waals surface area contributed by atoms with Crippen LogP contribution < -0.4 is 5.32 Å². The maximum Gasteiger partial charge on any atom is 0.285 e. The molecule has 1 heterocycles. The monoisotopic (exact) mass is 505 g/mol. The van der Waals surface area contributed by atoms with Crippen LogP contribution in [-0.2, 0) is 4.79 Å². The number of carbonyl (C=O) groups excluding carboxylic acids is 1. The summed E-state index contributed by atoms with van der Waals surface area (Å²) in [5, 5.41) is 14.8. The zero-order chi connectivity index (χ0) is 24.6. The van der Waals surface area contributed by atoms with E-state index < -0.39 is 4.92 Å². The smallest absolute Gasteiger partial charge is 0.285 e. The van der Waals surface area contributed by atoms with Crippen molar-refractivity contribution in [3.63, 3.8) is 0 Å². The standard InChI is InChI=1S/C28H43N3O3.ClH/c1-3-5-6-7-8-9-10-11-12-13-14-15-16-26(28(32)30-21-19-29-20-22-30)25-18-17-24(4-2)27(23-25)31(33)34;/h2,17-18,23,26,29H,3,5-16,19-22H2,1H3;1H. The summed E-state index contributed by atoms with van der Waals surface area (Å²) in [6.45, 7) is 5.18. The molecule has 1 aromatic carbocycles. The molecule has 196 valence electrons. The lowest BCUT2D eigenvalue weighted by Crippen LogP contribution is -2.48. The Hall–Kier alpha value is -2.10. The first-order valence-corrected chi connectivity index (χ1v) is 13.3. The van der Waals surface area contributed by atoms with Gasteiger partial charge in [-0.25, -0.2) is 0 Å². The van der Waals surface area contributed by atoms with Crippen molar-refractivity contribution in [1.29, 1.82) is 0 Å². The fourth-order valence-corrected chi connectivity index (χ4v) is 4.77. The number of unbranched alkanes of at least 4 members (excludes halogenated alkanes) is 11. The number of benzene rings is 1. The Morgan fingerprint density at radius 1 is 1.03 bits per heavy atom. The molecule has 1 amide bonds. The number of amides is 1. The first kappa shape index (κ1) is 30.9. The van der Waals surface area contributed by atoms with E-state index >= 15 is 0 Å². The molecule has 0 spiro atoms. The largest absolute Gasteiger partial charge is 0.340 e. The number of rotatable bonds is 16. The molecule has 1 atom stereocenters. The van der Waals surface area contributed by atoms with E-state index in [0.29, 0.717) is 25.1 Å². The molecule has 1 unspecified atom stereocenters. The summed E-state index contributed by atoms with van der Waals surface area (Å²) in [6.07, 6.45) is 21.3. The van der Waals surface area contributed by atoms with E-state index in [9.17, 15) is 14.9 Å². The van der Waals surface area contributed by atoms with Crippen molar-refractivity contribution in [1.82, 2.24) is 10.2 Å². The van der Waals surface area contributed by atoms with E-state index in [-0.39, 0.29) is 35.5 Å². The number of halogens is 1. The normalized spacial score (nSPS) is 14.1. The van der Waals surface area contributed by atoms with Crippen molar-refractivity contribution in [2.45, 2.75) is 96.3 Å². The number of piperazine rings is 1. The van der Waals surface area contributed by atoms with E-state index in [1.54, 1.807) is 12.1 Å². The molecule has 0 saturated carbocycles. The third-order valence-electron chi connectivity index (χ3n) is 6.85. The molecular weight excluding hydrogens is 462 g/mol. The molecular formula is C28H44ClN3O3. The lowest BCUT2D eigenvalue weighted by molar-refractivity contribution is -0.385. The summed E-state index contributed by atoms with van der Waals surface area (Å²) < 4.78 is 0. The highest BCUT2D eigenvalue weighted by molar-refractivity contribution is 5.85. The van der Waals surface area contributed by atoms with Crippen molar-refractivity contribution in [2.75, 3.05) is 26.2 Å². The molecule has 0 aromatic heterocycles. The van der Waals surface area contributed by atoms with Crippen molar-refractivity contribution in [2.24, 2.45) is 0 Å². The zero-order valence-electron chi connectivity index (χ0n) is 21.4. The molecule has 0 bridgehead atoms. The summed E-state index contributed by atoms with van der Waals surface area (Å²) in [7, 11) is 0. The first-order chi connectivity index (χ1) is 16.6. The minimum Gasteiger partial charge on any atom is -0.340 e. The topological polar surface area (TPSA) is 75.5 Å². The lowest BCUT2D eigenvalue weighted by atomic mass is 9.90. The van der Waals surface area contributed by atoms with E-state index in [4.69, 9.17) is 6.42 Å². The average molecular weight is 506 g/mol. The van der Waals surface area contributed by atoms with Crippen LogP contribution in [0.4, 0.5) is 5.69 Å². The molecule has 1 saturated heterocycles. The van der Waals surface area contributed by atoms with E-state index in [1.165, 1.54) is 70.3 Å². The third-order valence-corrected chi connectivity index (χ3v) is 6.85. The van der Waals surface area contributed by atoms with E-state index in [2.05, 4.69) is 18.2 Å². The van der Waals surface area contributed by atoms with Crippen LogP contribution in [-0.4, -0.2) is 41.9 Å². The number of nitrogens with one attached hydrogen (secondary N) is 1. The third kappa shape index (κ3) is 11.0. The summed E-state index contributed by atoms with van der Waals surface area (Å²) >= 11 is 0. The van der Waals surface area contributed by atoms with Gasteiger partial charge in [0.05, 0.1) is 10.8 Å². The quantitative estimate of drug-likeness (QED) is 0.119. The van der Waals surface area contributed by atoms with Crippen LogP contribution in [0.5, 0.6) is 0 Å². The van der Waals surface area contributed by atoms with Gasteiger partial charge in [-0.3, -0.25) is 14.9 Å². The Bertz CT molecular complexity index is 803. The Morgan fingerprint density at radius 3 is 2.09 bits per heavy atom. The van der Waals surface area contributed by atoms with Gasteiger partial charge in [0.2, 0.25) is 5.91 Å². The Kier molecular flexibility index (Phi) is 16.1.